The first kappa shape index (κ1) is 17.5. The molecule has 0 bridgehead atoms. The Morgan fingerprint density at radius 3 is 2.64 bits per heavy atom. The van der Waals surface area contributed by atoms with Gasteiger partial charge in [-0.25, -0.2) is 28.1 Å². The molecule has 1 N–H and O–H groups in total. The first-order chi connectivity index (χ1) is 12.0. The molecule has 0 radical (unpaired) electrons. The zero-order chi connectivity index (χ0) is 17.9. The Kier molecular flexibility index (Phi) is 5.12. The lowest BCUT2D eigenvalue weighted by atomic mass is 10.2. The van der Waals surface area contributed by atoms with Gasteiger partial charge in [-0.1, -0.05) is 17.7 Å². The van der Waals surface area contributed by atoms with Crippen LogP contribution in [-0.4, -0.2) is 34.5 Å². The van der Waals surface area contributed by atoms with Crippen molar-refractivity contribution in [2.24, 2.45) is 0 Å². The van der Waals surface area contributed by atoms with Crippen molar-refractivity contribution >= 4 is 21.6 Å². The third-order valence-electron chi connectivity index (χ3n) is 3.58. The van der Waals surface area contributed by atoms with E-state index < -0.39 is 10.0 Å². The molecule has 0 aliphatic rings. The van der Waals surface area contributed by atoms with Gasteiger partial charge in [-0.05, 0) is 30.7 Å². The second kappa shape index (κ2) is 7.30. The van der Waals surface area contributed by atoms with Crippen molar-refractivity contribution in [3.8, 4) is 11.6 Å². The second-order valence-corrected chi connectivity index (χ2v) is 7.50. The zero-order valence-electron chi connectivity index (χ0n) is 13.4. The predicted molar refractivity (Wildman–Crippen MR) is 94.6 cm³/mol. The van der Waals surface area contributed by atoms with Gasteiger partial charge in [-0.15, -0.1) is 0 Å². The molecule has 2 aromatic heterocycles. The van der Waals surface area contributed by atoms with Gasteiger partial charge in [0.1, 0.15) is 0 Å². The molecular weight excluding hydrogens is 362 g/mol. The van der Waals surface area contributed by atoms with Crippen molar-refractivity contribution in [2.45, 2.75) is 18.4 Å². The van der Waals surface area contributed by atoms with Crippen LogP contribution in [0.4, 0.5) is 0 Å². The molecule has 0 unspecified atom stereocenters. The quantitative estimate of drug-likeness (QED) is 0.711. The number of hydrogen-bond donors (Lipinski definition) is 1. The summed E-state index contributed by atoms with van der Waals surface area (Å²) in [6.45, 7) is 2.41. The van der Waals surface area contributed by atoms with Crippen LogP contribution in [-0.2, 0) is 16.6 Å². The fourth-order valence-electron chi connectivity index (χ4n) is 2.23. The second-order valence-electron chi connectivity index (χ2n) is 5.33. The molecule has 3 aromatic rings. The molecular formula is C16H16ClN5O2S. The number of nitrogens with zero attached hydrogens (tertiary/aromatic N) is 4. The molecule has 0 amide bonds. The summed E-state index contributed by atoms with van der Waals surface area (Å²) >= 11 is 6.01. The van der Waals surface area contributed by atoms with Gasteiger partial charge >= 0.3 is 0 Å². The van der Waals surface area contributed by atoms with E-state index in [2.05, 4.69) is 19.7 Å². The van der Waals surface area contributed by atoms with Gasteiger partial charge in [0.15, 0.2) is 11.6 Å². The lowest BCUT2D eigenvalue weighted by molar-refractivity contribution is 0.573. The molecule has 9 heteroatoms. The number of aryl methyl sites for hydroxylation is 1. The van der Waals surface area contributed by atoms with Gasteiger partial charge in [0.05, 0.1) is 4.90 Å². The van der Waals surface area contributed by atoms with Crippen molar-refractivity contribution in [2.75, 3.05) is 6.54 Å². The smallest absolute Gasteiger partial charge is 0.240 e. The maximum absolute atomic E-state index is 12.4. The van der Waals surface area contributed by atoms with E-state index in [1.807, 2.05) is 6.92 Å². The van der Waals surface area contributed by atoms with Gasteiger partial charge in [0.25, 0.3) is 0 Å². The standard InChI is InChI=1S/C16H16ClN5O2S/c1-12-3-4-13(11-14(12)17)25(23,24)21-8-10-22-9-7-20-16(22)15-18-5-2-6-19-15/h2-7,9,11,21H,8,10H2,1H3. The van der Waals surface area contributed by atoms with Crippen molar-refractivity contribution in [3.05, 3.63) is 59.6 Å². The molecule has 0 aliphatic carbocycles. The molecule has 0 atom stereocenters. The summed E-state index contributed by atoms with van der Waals surface area (Å²) in [7, 11) is -3.63. The third kappa shape index (κ3) is 4.04. The van der Waals surface area contributed by atoms with Crippen molar-refractivity contribution in [1.82, 2.24) is 24.2 Å². The average molecular weight is 378 g/mol. The number of nitrogens with one attached hydrogen (secondary N) is 1. The van der Waals surface area contributed by atoms with Crippen molar-refractivity contribution < 1.29 is 8.42 Å². The lowest BCUT2D eigenvalue weighted by Crippen LogP contribution is -2.27. The first-order valence-electron chi connectivity index (χ1n) is 7.52. The van der Waals surface area contributed by atoms with Crippen LogP contribution in [0.15, 0.2) is 53.9 Å². The fraction of sp³-hybridized carbons (Fsp3) is 0.188. The highest BCUT2D eigenvalue weighted by molar-refractivity contribution is 7.89. The van der Waals surface area contributed by atoms with Crippen molar-refractivity contribution in [3.63, 3.8) is 0 Å². The van der Waals surface area contributed by atoms with Gasteiger partial charge in [-0.2, -0.15) is 0 Å². The average Bonchev–Trinajstić information content (AvgIpc) is 3.06. The van der Waals surface area contributed by atoms with Gasteiger partial charge < -0.3 is 4.57 Å². The molecule has 7 nitrogen and oxygen atoms in total. The molecule has 3 rings (SSSR count). The summed E-state index contributed by atoms with van der Waals surface area (Å²) in [6, 6.07) is 6.37. The van der Waals surface area contributed by atoms with E-state index in [4.69, 9.17) is 11.6 Å². The van der Waals surface area contributed by atoms with E-state index in [1.54, 1.807) is 41.5 Å². The predicted octanol–water partition coefficient (Wildman–Crippen LogP) is 2.28. The molecule has 1 aromatic carbocycles. The van der Waals surface area contributed by atoms with E-state index in [0.29, 0.717) is 23.2 Å². The molecule has 0 saturated carbocycles. The van der Waals surface area contributed by atoms with Crippen LogP contribution in [0.3, 0.4) is 0 Å². The lowest BCUT2D eigenvalue weighted by Gasteiger charge is -2.10. The Balaban J connectivity index is 1.69. The number of rotatable bonds is 6. The highest BCUT2D eigenvalue weighted by Gasteiger charge is 2.15. The van der Waals surface area contributed by atoms with E-state index in [-0.39, 0.29) is 11.4 Å². The topological polar surface area (TPSA) is 89.8 Å². The van der Waals surface area contributed by atoms with E-state index in [9.17, 15) is 8.42 Å². The van der Waals surface area contributed by atoms with Crippen LogP contribution >= 0.6 is 11.6 Å². The first-order valence-corrected chi connectivity index (χ1v) is 9.38. The highest BCUT2D eigenvalue weighted by Crippen LogP contribution is 2.19. The summed E-state index contributed by atoms with van der Waals surface area (Å²) < 4.78 is 29.1. The van der Waals surface area contributed by atoms with Gasteiger partial charge in [0.2, 0.25) is 10.0 Å². The monoisotopic (exact) mass is 377 g/mol. The Morgan fingerprint density at radius 2 is 1.92 bits per heavy atom. The van der Waals surface area contributed by atoms with Gasteiger partial charge in [0, 0.05) is 42.9 Å². The SMILES string of the molecule is Cc1ccc(S(=O)(=O)NCCn2ccnc2-c2ncccn2)cc1Cl. The maximum Gasteiger partial charge on any atom is 0.240 e. The number of benzene rings is 1. The summed E-state index contributed by atoms with van der Waals surface area (Å²) in [5.74, 6) is 1.07. The fourth-order valence-corrected chi connectivity index (χ4v) is 3.53. The molecule has 0 aliphatic heterocycles. The Hall–Kier alpha value is -2.29. The number of halogens is 1. The minimum Gasteiger partial charge on any atom is -0.327 e. The van der Waals surface area contributed by atoms with E-state index in [1.165, 1.54) is 12.1 Å². The van der Waals surface area contributed by atoms with Crippen LogP contribution in [0.2, 0.25) is 5.02 Å². The Bertz CT molecular complexity index is 973. The largest absolute Gasteiger partial charge is 0.327 e. The molecule has 0 fully saturated rings. The normalized spacial score (nSPS) is 11.6. The van der Waals surface area contributed by atoms with Gasteiger partial charge in [-0.3, -0.25) is 0 Å². The van der Waals surface area contributed by atoms with Crippen LogP contribution < -0.4 is 4.72 Å². The van der Waals surface area contributed by atoms with Crippen LogP contribution in [0.5, 0.6) is 0 Å². The minimum atomic E-state index is -3.63. The summed E-state index contributed by atoms with van der Waals surface area (Å²) in [4.78, 5) is 12.7. The molecule has 0 spiro atoms. The number of hydrogen-bond acceptors (Lipinski definition) is 5. The summed E-state index contributed by atoms with van der Waals surface area (Å²) in [5.41, 5.74) is 0.825. The van der Waals surface area contributed by atoms with Crippen molar-refractivity contribution in [1.29, 1.82) is 0 Å². The third-order valence-corrected chi connectivity index (χ3v) is 5.45. The van der Waals surface area contributed by atoms with E-state index >= 15 is 0 Å². The van der Waals surface area contributed by atoms with Crippen LogP contribution in [0.25, 0.3) is 11.6 Å². The number of sulfonamides is 1. The maximum atomic E-state index is 12.4. The zero-order valence-corrected chi connectivity index (χ0v) is 15.0. The molecule has 0 saturated heterocycles. The minimum absolute atomic E-state index is 0.139. The van der Waals surface area contributed by atoms with Crippen LogP contribution in [0.1, 0.15) is 5.56 Å². The van der Waals surface area contributed by atoms with E-state index in [0.717, 1.165) is 5.56 Å². The Morgan fingerprint density at radius 1 is 1.16 bits per heavy atom. The molecule has 2 heterocycles. The van der Waals surface area contributed by atoms with Crippen LogP contribution in [0, 0.1) is 6.92 Å². The highest BCUT2D eigenvalue weighted by atomic mass is 35.5. The Labute approximate surface area is 150 Å². The molecule has 25 heavy (non-hydrogen) atoms. The number of imidazole rings is 1. The molecule has 130 valence electrons. The number of aromatic nitrogens is 4. The summed E-state index contributed by atoms with van der Waals surface area (Å²) in [6.07, 6.45) is 6.64. The summed E-state index contributed by atoms with van der Waals surface area (Å²) in [5, 5.41) is 0.418.